The van der Waals surface area contributed by atoms with E-state index in [1.807, 2.05) is 0 Å². The molecule has 12 nitrogen and oxygen atoms in total. The molecule has 0 bridgehead atoms. The number of nitrogens with zero attached hydrogens (tertiary/aromatic N) is 5. The molecule has 4 heterocycles. The lowest BCUT2D eigenvalue weighted by molar-refractivity contribution is 0.0537. The quantitative estimate of drug-likeness (QED) is 0.293. The number of aromatic nitrogens is 5. The molecule has 1 aliphatic heterocycles. The Kier molecular flexibility index (Phi) is 7.10. The van der Waals surface area contributed by atoms with Crippen LogP contribution >= 0.6 is 0 Å². The number of hydrogen-bond acceptors (Lipinski definition) is 10. The minimum atomic E-state index is -3.76. The van der Waals surface area contributed by atoms with Gasteiger partial charge in [0.2, 0.25) is 5.95 Å². The monoisotopic (exact) mass is 559 g/mol. The molecular formula is C24H23F2N7O5S. The second-order valence-electron chi connectivity index (χ2n) is 8.47. The highest BCUT2D eigenvalue weighted by Gasteiger charge is 2.26. The van der Waals surface area contributed by atoms with E-state index in [1.54, 1.807) is 12.1 Å². The van der Waals surface area contributed by atoms with Crippen LogP contribution in [0.5, 0.6) is 5.75 Å². The van der Waals surface area contributed by atoms with Gasteiger partial charge in [-0.3, -0.25) is 14.6 Å². The Morgan fingerprint density at radius 2 is 2.03 bits per heavy atom. The molecule has 0 aliphatic carbocycles. The van der Waals surface area contributed by atoms with Gasteiger partial charge in [-0.05, 0) is 18.2 Å². The van der Waals surface area contributed by atoms with Crippen molar-refractivity contribution in [3.8, 4) is 5.75 Å². The summed E-state index contributed by atoms with van der Waals surface area (Å²) in [5.41, 5.74) is 3.61. The van der Waals surface area contributed by atoms with Crippen molar-refractivity contribution in [2.24, 2.45) is 0 Å². The summed E-state index contributed by atoms with van der Waals surface area (Å²) in [7, 11) is -2.42. The summed E-state index contributed by atoms with van der Waals surface area (Å²) >= 11 is 0. The van der Waals surface area contributed by atoms with E-state index in [2.05, 4.69) is 30.7 Å². The number of halogens is 2. The van der Waals surface area contributed by atoms with Crippen LogP contribution in [-0.2, 0) is 27.6 Å². The highest BCUT2D eigenvalue weighted by molar-refractivity contribution is 7.91. The molecule has 39 heavy (non-hydrogen) atoms. The lowest BCUT2D eigenvalue weighted by Crippen LogP contribution is -2.23. The van der Waals surface area contributed by atoms with Gasteiger partial charge >= 0.3 is 0 Å². The van der Waals surface area contributed by atoms with Gasteiger partial charge in [0.05, 0.1) is 43.1 Å². The highest BCUT2D eigenvalue weighted by Crippen LogP contribution is 2.38. The van der Waals surface area contributed by atoms with Crippen molar-refractivity contribution in [2.75, 3.05) is 24.8 Å². The SMILES string of the molecule is CCS(=O)(=O)c1nccnc1Cn1c(C(F)F)cc2cnc(Nc3ccc(C(=O)NOC)c4c3OCC4)nc21. The average molecular weight is 560 g/mol. The van der Waals surface area contributed by atoms with Crippen molar-refractivity contribution >= 4 is 38.4 Å². The summed E-state index contributed by atoms with van der Waals surface area (Å²) in [6, 6.07) is 4.47. The summed E-state index contributed by atoms with van der Waals surface area (Å²) in [5.74, 6) is -0.120. The number of hydrogen-bond donors (Lipinski definition) is 2. The molecule has 0 radical (unpaired) electrons. The number of amides is 1. The Hall–Kier alpha value is -4.24. The number of alkyl halides is 2. The Morgan fingerprint density at radius 1 is 1.23 bits per heavy atom. The van der Waals surface area contributed by atoms with Gasteiger partial charge in [0.25, 0.3) is 12.3 Å². The number of carbonyl (C=O) groups is 1. The van der Waals surface area contributed by atoms with Crippen LogP contribution in [-0.4, -0.2) is 58.3 Å². The smallest absolute Gasteiger partial charge is 0.278 e. The number of ether oxygens (including phenoxy) is 1. The lowest BCUT2D eigenvalue weighted by atomic mass is 10.0. The highest BCUT2D eigenvalue weighted by atomic mass is 32.2. The van der Waals surface area contributed by atoms with E-state index in [4.69, 9.17) is 9.57 Å². The first-order valence-electron chi connectivity index (χ1n) is 11.8. The van der Waals surface area contributed by atoms with E-state index in [1.165, 1.54) is 43.3 Å². The van der Waals surface area contributed by atoms with E-state index in [-0.39, 0.29) is 40.3 Å². The van der Waals surface area contributed by atoms with Crippen LogP contribution in [0.4, 0.5) is 20.4 Å². The van der Waals surface area contributed by atoms with Gasteiger partial charge in [0.15, 0.2) is 14.9 Å². The standard InChI is InChI=1S/C24H23F2N7O5S/c1-3-39(35,36)23-17(27-7-8-28-23)12-33-18(20(25)26)10-13-11-29-24(31-21(13)33)30-16-5-4-15(22(34)32-37-2)14-6-9-38-19(14)16/h4-5,7-8,10-11,20H,3,6,9,12H2,1-2H3,(H,32,34)(H,29,30,31). The average Bonchev–Trinajstić information content (AvgIpc) is 3.55. The van der Waals surface area contributed by atoms with Crippen LogP contribution in [0.25, 0.3) is 11.0 Å². The summed E-state index contributed by atoms with van der Waals surface area (Å²) in [5, 5.41) is 3.09. The molecule has 0 atom stereocenters. The normalized spacial score (nSPS) is 12.9. The summed E-state index contributed by atoms with van der Waals surface area (Å²) in [4.78, 5) is 33.8. The molecule has 1 aliphatic rings. The molecule has 0 unspecified atom stereocenters. The third-order valence-electron chi connectivity index (χ3n) is 6.15. The molecule has 204 valence electrons. The molecule has 2 N–H and O–H groups in total. The van der Waals surface area contributed by atoms with Crippen molar-refractivity contribution in [1.82, 2.24) is 30.0 Å². The van der Waals surface area contributed by atoms with Crippen molar-refractivity contribution in [2.45, 2.75) is 31.3 Å². The molecule has 15 heteroatoms. The predicted octanol–water partition coefficient (Wildman–Crippen LogP) is 2.97. The fourth-order valence-electron chi connectivity index (χ4n) is 4.35. The Balaban J connectivity index is 1.55. The topological polar surface area (TPSA) is 150 Å². The predicted molar refractivity (Wildman–Crippen MR) is 135 cm³/mol. The molecular weight excluding hydrogens is 536 g/mol. The number of carbonyl (C=O) groups excluding carboxylic acids is 1. The largest absolute Gasteiger partial charge is 0.491 e. The number of benzene rings is 1. The third-order valence-corrected chi connectivity index (χ3v) is 7.84. The number of anilines is 2. The molecule has 0 spiro atoms. The summed E-state index contributed by atoms with van der Waals surface area (Å²) in [6.07, 6.45) is 1.55. The van der Waals surface area contributed by atoms with Gasteiger partial charge in [-0.25, -0.2) is 32.6 Å². The Bertz CT molecular complexity index is 1680. The first-order chi connectivity index (χ1) is 18.7. The van der Waals surface area contributed by atoms with Crippen LogP contribution in [0.3, 0.4) is 0 Å². The van der Waals surface area contributed by atoms with Gasteiger partial charge in [-0.2, -0.15) is 4.98 Å². The van der Waals surface area contributed by atoms with Crippen molar-refractivity contribution in [3.63, 3.8) is 0 Å². The molecule has 1 aromatic carbocycles. The number of nitrogens with one attached hydrogen (secondary N) is 2. The molecule has 1 amide bonds. The Morgan fingerprint density at radius 3 is 2.77 bits per heavy atom. The number of fused-ring (bicyclic) bond motifs is 2. The van der Waals surface area contributed by atoms with E-state index in [9.17, 15) is 22.0 Å². The molecule has 4 aromatic rings. The first kappa shape index (κ1) is 26.4. The van der Waals surface area contributed by atoms with Crippen LogP contribution in [0.15, 0.2) is 41.8 Å². The van der Waals surface area contributed by atoms with Crippen LogP contribution in [0, 0.1) is 0 Å². The maximum Gasteiger partial charge on any atom is 0.278 e. The molecule has 5 rings (SSSR count). The molecule has 0 fully saturated rings. The van der Waals surface area contributed by atoms with E-state index in [0.717, 1.165) is 0 Å². The zero-order valence-electron chi connectivity index (χ0n) is 20.8. The second-order valence-corrected chi connectivity index (χ2v) is 10.7. The van der Waals surface area contributed by atoms with E-state index in [0.29, 0.717) is 41.0 Å². The maximum atomic E-state index is 14.0. The summed E-state index contributed by atoms with van der Waals surface area (Å²) < 4.78 is 60.1. The van der Waals surface area contributed by atoms with Gasteiger partial charge in [-0.15, -0.1) is 0 Å². The van der Waals surface area contributed by atoms with Crippen molar-refractivity contribution in [3.05, 3.63) is 59.3 Å². The third kappa shape index (κ3) is 4.97. The van der Waals surface area contributed by atoms with E-state index < -0.39 is 22.2 Å². The van der Waals surface area contributed by atoms with Crippen molar-refractivity contribution in [1.29, 1.82) is 0 Å². The minimum absolute atomic E-state index is 0.0167. The van der Waals surface area contributed by atoms with Crippen molar-refractivity contribution < 1.29 is 31.6 Å². The maximum absolute atomic E-state index is 14.0. The van der Waals surface area contributed by atoms with Gasteiger partial charge < -0.3 is 14.6 Å². The zero-order chi connectivity index (χ0) is 27.7. The van der Waals surface area contributed by atoms with Crippen LogP contribution in [0.1, 0.15) is 40.7 Å². The van der Waals surface area contributed by atoms with Crippen LogP contribution in [0.2, 0.25) is 0 Å². The fourth-order valence-corrected chi connectivity index (χ4v) is 5.32. The number of hydroxylamine groups is 1. The first-order valence-corrected chi connectivity index (χ1v) is 13.4. The van der Waals surface area contributed by atoms with Gasteiger partial charge in [0.1, 0.15) is 11.4 Å². The van der Waals surface area contributed by atoms with Gasteiger partial charge in [-0.1, -0.05) is 6.92 Å². The molecule has 0 saturated heterocycles. The second kappa shape index (κ2) is 10.5. The number of sulfone groups is 1. The summed E-state index contributed by atoms with van der Waals surface area (Å²) in [6.45, 7) is 1.53. The minimum Gasteiger partial charge on any atom is -0.491 e. The molecule has 0 saturated carbocycles. The fraction of sp³-hybridized carbons (Fsp3) is 0.292. The number of rotatable bonds is 9. The lowest BCUT2D eigenvalue weighted by Gasteiger charge is -2.14. The van der Waals surface area contributed by atoms with E-state index >= 15 is 0 Å². The van der Waals surface area contributed by atoms with Crippen LogP contribution < -0.4 is 15.5 Å². The van der Waals surface area contributed by atoms with Gasteiger partial charge in [0, 0.05) is 41.5 Å². The zero-order valence-corrected chi connectivity index (χ0v) is 21.6. The molecule has 3 aromatic heterocycles. The Labute approximate surface area is 221 Å².